The molecule has 0 aromatic carbocycles. The van der Waals surface area contributed by atoms with E-state index in [1.165, 1.54) is 31.3 Å². The molecule has 0 saturated carbocycles. The quantitative estimate of drug-likeness (QED) is 0.641. The maximum atomic E-state index is 11.4. The van der Waals surface area contributed by atoms with E-state index in [1.807, 2.05) is 0 Å². The summed E-state index contributed by atoms with van der Waals surface area (Å²) in [6.07, 6.45) is 1.12. The SMILES string of the molecule is COc1cc(/C(O)=C/C(=O)N(C)C)cc(OC)n1. The number of pyridine rings is 1. The summed E-state index contributed by atoms with van der Waals surface area (Å²) in [6, 6.07) is 3.02. The molecule has 6 heteroatoms. The molecule has 1 heterocycles. The van der Waals surface area contributed by atoms with Gasteiger partial charge >= 0.3 is 0 Å². The van der Waals surface area contributed by atoms with Gasteiger partial charge < -0.3 is 19.5 Å². The topological polar surface area (TPSA) is 71.9 Å². The van der Waals surface area contributed by atoms with Gasteiger partial charge in [-0.25, -0.2) is 0 Å². The van der Waals surface area contributed by atoms with Crippen LogP contribution in [0.15, 0.2) is 18.2 Å². The van der Waals surface area contributed by atoms with Crippen LogP contribution in [0.4, 0.5) is 0 Å². The van der Waals surface area contributed by atoms with Crippen LogP contribution in [0.3, 0.4) is 0 Å². The van der Waals surface area contributed by atoms with Crippen molar-refractivity contribution in [2.75, 3.05) is 28.3 Å². The largest absolute Gasteiger partial charge is 0.507 e. The van der Waals surface area contributed by atoms with Crippen molar-refractivity contribution < 1.29 is 19.4 Å². The second-order valence-corrected chi connectivity index (χ2v) is 3.70. The Bertz CT molecular complexity index is 447. The zero-order valence-electron chi connectivity index (χ0n) is 10.8. The molecule has 18 heavy (non-hydrogen) atoms. The fraction of sp³-hybridized carbons (Fsp3) is 0.333. The average molecular weight is 252 g/mol. The summed E-state index contributed by atoms with van der Waals surface area (Å²) in [6.45, 7) is 0. The third-order valence-electron chi connectivity index (χ3n) is 2.19. The smallest absolute Gasteiger partial charge is 0.249 e. The van der Waals surface area contributed by atoms with Gasteiger partial charge in [-0.15, -0.1) is 0 Å². The third-order valence-corrected chi connectivity index (χ3v) is 2.19. The molecule has 1 aromatic rings. The molecule has 1 aromatic heterocycles. The van der Waals surface area contributed by atoms with Crippen molar-refractivity contribution in [2.45, 2.75) is 0 Å². The van der Waals surface area contributed by atoms with Crippen LogP contribution in [-0.4, -0.2) is 49.2 Å². The van der Waals surface area contributed by atoms with Crippen LogP contribution in [0, 0.1) is 0 Å². The lowest BCUT2D eigenvalue weighted by Gasteiger charge is -2.09. The number of amides is 1. The van der Waals surface area contributed by atoms with Crippen LogP contribution >= 0.6 is 0 Å². The maximum absolute atomic E-state index is 11.4. The van der Waals surface area contributed by atoms with Gasteiger partial charge in [-0.3, -0.25) is 4.79 Å². The van der Waals surface area contributed by atoms with E-state index in [9.17, 15) is 9.90 Å². The molecular weight excluding hydrogens is 236 g/mol. The summed E-state index contributed by atoms with van der Waals surface area (Å²) in [5.74, 6) is 0.0955. The summed E-state index contributed by atoms with van der Waals surface area (Å²) in [5, 5.41) is 9.85. The summed E-state index contributed by atoms with van der Waals surface area (Å²) >= 11 is 0. The molecule has 0 radical (unpaired) electrons. The maximum Gasteiger partial charge on any atom is 0.249 e. The van der Waals surface area contributed by atoms with Crippen molar-refractivity contribution in [1.82, 2.24) is 9.88 Å². The lowest BCUT2D eigenvalue weighted by molar-refractivity contribution is -0.123. The van der Waals surface area contributed by atoms with Gasteiger partial charge in [0.25, 0.3) is 0 Å². The molecule has 0 fully saturated rings. The highest BCUT2D eigenvalue weighted by Crippen LogP contribution is 2.22. The Morgan fingerprint density at radius 2 is 1.78 bits per heavy atom. The molecular formula is C12H16N2O4. The highest BCUT2D eigenvalue weighted by Gasteiger charge is 2.09. The first-order valence-electron chi connectivity index (χ1n) is 5.20. The minimum atomic E-state index is -0.317. The fourth-order valence-electron chi connectivity index (χ4n) is 1.17. The molecule has 0 saturated heterocycles. The lowest BCUT2D eigenvalue weighted by Crippen LogP contribution is -2.19. The number of carbonyl (C=O) groups excluding carboxylic acids is 1. The molecule has 6 nitrogen and oxygen atoms in total. The van der Waals surface area contributed by atoms with Gasteiger partial charge in [0.15, 0.2) is 0 Å². The summed E-state index contributed by atoms with van der Waals surface area (Å²) < 4.78 is 9.95. The van der Waals surface area contributed by atoms with Gasteiger partial charge in [0, 0.05) is 37.9 Å². The Morgan fingerprint density at radius 3 is 2.17 bits per heavy atom. The number of aromatic nitrogens is 1. The molecule has 1 rings (SSSR count). The molecule has 98 valence electrons. The first kappa shape index (κ1) is 13.8. The van der Waals surface area contributed by atoms with E-state index in [0.29, 0.717) is 17.3 Å². The lowest BCUT2D eigenvalue weighted by atomic mass is 10.2. The normalized spacial score (nSPS) is 11.0. The second-order valence-electron chi connectivity index (χ2n) is 3.70. The summed E-state index contributed by atoms with van der Waals surface area (Å²) in [7, 11) is 6.11. The number of likely N-dealkylation sites (N-methyl/N-ethyl adjacent to an activating group) is 1. The van der Waals surface area contributed by atoms with Crippen molar-refractivity contribution >= 4 is 11.7 Å². The number of rotatable bonds is 4. The van der Waals surface area contributed by atoms with Crippen LogP contribution in [0.25, 0.3) is 5.76 Å². The Kier molecular flexibility index (Phi) is 4.53. The number of hydrogen-bond donors (Lipinski definition) is 1. The van der Waals surface area contributed by atoms with Crippen LogP contribution < -0.4 is 9.47 Å². The highest BCUT2D eigenvalue weighted by molar-refractivity contribution is 5.93. The van der Waals surface area contributed by atoms with E-state index in [4.69, 9.17) is 9.47 Å². The molecule has 1 N–H and O–H groups in total. The number of carbonyl (C=O) groups is 1. The van der Waals surface area contributed by atoms with E-state index in [-0.39, 0.29) is 11.7 Å². The van der Waals surface area contributed by atoms with E-state index in [0.717, 1.165) is 6.08 Å². The molecule has 0 atom stereocenters. The predicted molar refractivity (Wildman–Crippen MR) is 66.6 cm³/mol. The van der Waals surface area contributed by atoms with Gasteiger partial charge in [-0.2, -0.15) is 4.98 Å². The minimum absolute atomic E-state index is 0.173. The summed E-state index contributed by atoms with van der Waals surface area (Å²) in [4.78, 5) is 16.8. The second kappa shape index (κ2) is 5.90. The fourth-order valence-corrected chi connectivity index (χ4v) is 1.17. The van der Waals surface area contributed by atoms with Crippen LogP contribution in [0.1, 0.15) is 5.56 Å². The standard InChI is InChI=1S/C12H16N2O4/c1-14(2)12(16)7-9(15)8-5-10(17-3)13-11(6-8)18-4/h5-7,15H,1-4H3/b9-7-. The molecule has 0 unspecified atom stereocenters. The monoisotopic (exact) mass is 252 g/mol. The van der Waals surface area contributed by atoms with Gasteiger partial charge in [-0.05, 0) is 0 Å². The Hall–Kier alpha value is -2.24. The highest BCUT2D eigenvalue weighted by atomic mass is 16.5. The van der Waals surface area contributed by atoms with Gasteiger partial charge in [-0.1, -0.05) is 0 Å². The minimum Gasteiger partial charge on any atom is -0.507 e. The first-order chi connectivity index (χ1) is 8.47. The predicted octanol–water partition coefficient (Wildman–Crippen LogP) is 1.09. The van der Waals surface area contributed by atoms with Crippen molar-refractivity contribution in [1.29, 1.82) is 0 Å². The average Bonchev–Trinajstić information content (AvgIpc) is 2.37. The number of aliphatic hydroxyl groups is 1. The number of hydrogen-bond acceptors (Lipinski definition) is 5. The zero-order valence-corrected chi connectivity index (χ0v) is 10.8. The van der Waals surface area contributed by atoms with E-state index in [2.05, 4.69) is 4.98 Å². The number of methoxy groups -OCH3 is 2. The van der Waals surface area contributed by atoms with Crippen molar-refractivity contribution in [2.24, 2.45) is 0 Å². The molecule has 0 spiro atoms. The van der Waals surface area contributed by atoms with E-state index in [1.54, 1.807) is 14.1 Å². The molecule has 0 aliphatic rings. The van der Waals surface area contributed by atoms with Gasteiger partial charge in [0.1, 0.15) is 5.76 Å². The molecule has 1 amide bonds. The van der Waals surface area contributed by atoms with Crippen molar-refractivity contribution in [3.63, 3.8) is 0 Å². The molecule has 0 bridgehead atoms. The van der Waals surface area contributed by atoms with Crippen molar-refractivity contribution in [3.8, 4) is 11.8 Å². The molecule has 0 aliphatic heterocycles. The van der Waals surface area contributed by atoms with Crippen LogP contribution in [0.5, 0.6) is 11.8 Å². The number of ether oxygens (including phenoxy) is 2. The van der Waals surface area contributed by atoms with Crippen LogP contribution in [0.2, 0.25) is 0 Å². The Balaban J connectivity index is 3.12. The Morgan fingerprint density at radius 1 is 1.28 bits per heavy atom. The third kappa shape index (κ3) is 3.38. The number of nitrogens with zero attached hydrogens (tertiary/aromatic N) is 2. The summed E-state index contributed by atoms with van der Waals surface area (Å²) in [5.41, 5.74) is 0.397. The first-order valence-corrected chi connectivity index (χ1v) is 5.20. The van der Waals surface area contributed by atoms with Crippen molar-refractivity contribution in [3.05, 3.63) is 23.8 Å². The number of aliphatic hydroxyl groups excluding tert-OH is 1. The molecule has 0 aliphatic carbocycles. The van der Waals surface area contributed by atoms with E-state index < -0.39 is 0 Å². The van der Waals surface area contributed by atoms with Crippen LogP contribution in [-0.2, 0) is 4.79 Å². The van der Waals surface area contributed by atoms with Gasteiger partial charge in [0.05, 0.1) is 14.2 Å². The van der Waals surface area contributed by atoms with E-state index >= 15 is 0 Å². The van der Waals surface area contributed by atoms with Gasteiger partial charge in [0.2, 0.25) is 17.7 Å². The Labute approximate surface area is 105 Å². The zero-order chi connectivity index (χ0) is 13.7.